The summed E-state index contributed by atoms with van der Waals surface area (Å²) < 4.78 is 33.7. The fourth-order valence-corrected chi connectivity index (χ4v) is 2.07. The molecule has 0 heterocycles. The summed E-state index contributed by atoms with van der Waals surface area (Å²) in [6, 6.07) is 5.05. The van der Waals surface area contributed by atoms with Gasteiger partial charge in [0.2, 0.25) is 0 Å². The van der Waals surface area contributed by atoms with Gasteiger partial charge in [-0.15, -0.1) is 0 Å². The molecule has 1 aliphatic carbocycles. The SMILES string of the molecule is O=S(=O)(O)Oc1ccc2c(c1)CCC2. The van der Waals surface area contributed by atoms with Crippen molar-refractivity contribution >= 4 is 10.4 Å². The van der Waals surface area contributed by atoms with Crippen molar-refractivity contribution in [3.63, 3.8) is 0 Å². The van der Waals surface area contributed by atoms with Crippen LogP contribution in [0.1, 0.15) is 17.5 Å². The molecule has 2 rings (SSSR count). The molecular formula is C9H10O4S. The van der Waals surface area contributed by atoms with Crippen molar-refractivity contribution in [3.8, 4) is 5.75 Å². The maximum absolute atomic E-state index is 10.4. The average Bonchev–Trinajstić information content (AvgIpc) is 2.47. The van der Waals surface area contributed by atoms with Crippen molar-refractivity contribution in [2.24, 2.45) is 0 Å². The maximum Gasteiger partial charge on any atom is 0.446 e. The number of benzene rings is 1. The summed E-state index contributed by atoms with van der Waals surface area (Å²) in [6.07, 6.45) is 3.06. The Morgan fingerprint density at radius 3 is 2.64 bits per heavy atom. The average molecular weight is 214 g/mol. The van der Waals surface area contributed by atoms with E-state index in [2.05, 4.69) is 4.18 Å². The van der Waals surface area contributed by atoms with Crippen LogP contribution in [0.3, 0.4) is 0 Å². The molecule has 5 heteroatoms. The zero-order valence-electron chi connectivity index (χ0n) is 7.43. The standard InChI is InChI=1S/C9H10O4S/c10-14(11,12)13-9-5-4-7-2-1-3-8(7)6-9/h4-6H,1-3H2,(H,10,11,12). The van der Waals surface area contributed by atoms with Crippen LogP contribution >= 0.6 is 0 Å². The smallest absolute Gasteiger partial charge is 0.362 e. The Kier molecular flexibility index (Phi) is 2.20. The van der Waals surface area contributed by atoms with E-state index in [1.807, 2.05) is 6.07 Å². The van der Waals surface area contributed by atoms with Gasteiger partial charge in [0.05, 0.1) is 0 Å². The third kappa shape index (κ3) is 2.05. The van der Waals surface area contributed by atoms with Crippen LogP contribution in [0.5, 0.6) is 5.75 Å². The largest absolute Gasteiger partial charge is 0.446 e. The third-order valence-electron chi connectivity index (χ3n) is 2.27. The van der Waals surface area contributed by atoms with Crippen molar-refractivity contribution in [2.75, 3.05) is 0 Å². The molecular weight excluding hydrogens is 204 g/mol. The van der Waals surface area contributed by atoms with Crippen molar-refractivity contribution in [2.45, 2.75) is 19.3 Å². The third-order valence-corrected chi connectivity index (χ3v) is 2.67. The second kappa shape index (κ2) is 3.25. The van der Waals surface area contributed by atoms with Gasteiger partial charge in [0.1, 0.15) is 5.75 Å². The molecule has 76 valence electrons. The number of rotatable bonds is 2. The maximum atomic E-state index is 10.4. The lowest BCUT2D eigenvalue weighted by atomic mass is 10.1. The first-order chi connectivity index (χ1) is 6.54. The lowest BCUT2D eigenvalue weighted by Gasteiger charge is -2.03. The highest BCUT2D eigenvalue weighted by molar-refractivity contribution is 7.81. The van der Waals surface area contributed by atoms with Gasteiger partial charge in [-0.3, -0.25) is 4.55 Å². The van der Waals surface area contributed by atoms with Gasteiger partial charge in [0.15, 0.2) is 0 Å². The van der Waals surface area contributed by atoms with Crippen LogP contribution in [0.25, 0.3) is 0 Å². The second-order valence-electron chi connectivity index (χ2n) is 3.30. The molecule has 0 aromatic heterocycles. The van der Waals surface area contributed by atoms with E-state index in [0.717, 1.165) is 24.8 Å². The summed E-state index contributed by atoms with van der Waals surface area (Å²) in [5, 5.41) is 0. The monoisotopic (exact) mass is 214 g/mol. The molecule has 0 spiro atoms. The molecule has 0 amide bonds. The molecule has 1 aromatic carbocycles. The molecule has 0 saturated carbocycles. The van der Waals surface area contributed by atoms with Crippen molar-refractivity contribution < 1.29 is 17.2 Å². The van der Waals surface area contributed by atoms with Crippen LogP contribution in [-0.2, 0) is 23.2 Å². The highest BCUT2D eigenvalue weighted by atomic mass is 32.3. The van der Waals surface area contributed by atoms with Crippen molar-refractivity contribution in [1.29, 1.82) is 0 Å². The van der Waals surface area contributed by atoms with Crippen LogP contribution in [0, 0.1) is 0 Å². The molecule has 0 aliphatic heterocycles. The molecule has 0 fully saturated rings. The Hall–Kier alpha value is -1.07. The predicted octanol–water partition coefficient (Wildman–Crippen LogP) is 1.36. The molecule has 1 N–H and O–H groups in total. The predicted molar refractivity (Wildman–Crippen MR) is 50.6 cm³/mol. The Balaban J connectivity index is 2.29. The van der Waals surface area contributed by atoms with E-state index in [1.165, 1.54) is 5.56 Å². The lowest BCUT2D eigenvalue weighted by molar-refractivity contribution is 0.386. The quantitative estimate of drug-likeness (QED) is 0.755. The Bertz CT molecular complexity index is 450. The summed E-state index contributed by atoms with van der Waals surface area (Å²) in [5.41, 5.74) is 2.33. The first-order valence-electron chi connectivity index (χ1n) is 4.33. The molecule has 1 aromatic rings. The number of hydrogen-bond acceptors (Lipinski definition) is 3. The van der Waals surface area contributed by atoms with Gasteiger partial charge in [0, 0.05) is 0 Å². The molecule has 0 atom stereocenters. The molecule has 1 aliphatic rings. The minimum absolute atomic E-state index is 0.174. The van der Waals surface area contributed by atoms with Crippen LogP contribution in [0.2, 0.25) is 0 Å². The van der Waals surface area contributed by atoms with E-state index >= 15 is 0 Å². The summed E-state index contributed by atoms with van der Waals surface area (Å²) in [7, 11) is -4.39. The summed E-state index contributed by atoms with van der Waals surface area (Å²) in [4.78, 5) is 0. The Labute approximate surface area is 82.5 Å². The van der Waals surface area contributed by atoms with Gasteiger partial charge in [-0.1, -0.05) is 6.07 Å². The first kappa shape index (κ1) is 9.48. The molecule has 0 unspecified atom stereocenters. The van der Waals surface area contributed by atoms with E-state index in [1.54, 1.807) is 12.1 Å². The molecule has 4 nitrogen and oxygen atoms in total. The second-order valence-corrected chi connectivity index (χ2v) is 4.32. The normalized spacial score (nSPS) is 15.2. The van der Waals surface area contributed by atoms with Gasteiger partial charge >= 0.3 is 10.4 Å². The van der Waals surface area contributed by atoms with E-state index in [4.69, 9.17) is 4.55 Å². The van der Waals surface area contributed by atoms with E-state index in [9.17, 15) is 8.42 Å². The number of fused-ring (bicyclic) bond motifs is 1. The van der Waals surface area contributed by atoms with Crippen LogP contribution in [0.4, 0.5) is 0 Å². The summed E-state index contributed by atoms with van der Waals surface area (Å²) in [5.74, 6) is 0.174. The van der Waals surface area contributed by atoms with E-state index in [0.29, 0.717) is 0 Å². The zero-order valence-corrected chi connectivity index (χ0v) is 8.25. The summed E-state index contributed by atoms with van der Waals surface area (Å²) in [6.45, 7) is 0. The van der Waals surface area contributed by atoms with Gasteiger partial charge in [0.25, 0.3) is 0 Å². The molecule has 0 saturated heterocycles. The Morgan fingerprint density at radius 1 is 1.21 bits per heavy atom. The van der Waals surface area contributed by atoms with Gasteiger partial charge in [-0.2, -0.15) is 8.42 Å². The Morgan fingerprint density at radius 2 is 1.93 bits per heavy atom. The van der Waals surface area contributed by atoms with Gasteiger partial charge < -0.3 is 4.18 Å². The van der Waals surface area contributed by atoms with E-state index < -0.39 is 10.4 Å². The molecule has 14 heavy (non-hydrogen) atoms. The number of hydrogen-bond donors (Lipinski definition) is 1. The lowest BCUT2D eigenvalue weighted by Crippen LogP contribution is -2.06. The van der Waals surface area contributed by atoms with Crippen LogP contribution in [-0.4, -0.2) is 13.0 Å². The first-order valence-corrected chi connectivity index (χ1v) is 5.70. The molecule has 0 radical (unpaired) electrons. The fraction of sp³-hybridized carbons (Fsp3) is 0.333. The highest BCUT2D eigenvalue weighted by Crippen LogP contribution is 2.26. The summed E-state index contributed by atoms with van der Waals surface area (Å²) >= 11 is 0. The minimum atomic E-state index is -4.39. The van der Waals surface area contributed by atoms with Crippen molar-refractivity contribution in [1.82, 2.24) is 0 Å². The van der Waals surface area contributed by atoms with Crippen LogP contribution in [0.15, 0.2) is 18.2 Å². The van der Waals surface area contributed by atoms with E-state index in [-0.39, 0.29) is 5.75 Å². The highest BCUT2D eigenvalue weighted by Gasteiger charge is 2.13. The van der Waals surface area contributed by atoms with Crippen molar-refractivity contribution in [3.05, 3.63) is 29.3 Å². The topological polar surface area (TPSA) is 63.6 Å². The zero-order chi connectivity index (χ0) is 10.2. The van der Waals surface area contributed by atoms with Gasteiger partial charge in [-0.05, 0) is 42.5 Å². The fourth-order valence-electron chi connectivity index (χ4n) is 1.72. The number of aryl methyl sites for hydroxylation is 2. The van der Waals surface area contributed by atoms with Gasteiger partial charge in [-0.25, -0.2) is 0 Å². The molecule has 0 bridgehead atoms. The van der Waals surface area contributed by atoms with Crippen LogP contribution < -0.4 is 4.18 Å². The minimum Gasteiger partial charge on any atom is -0.362 e.